The highest BCUT2D eigenvalue weighted by Gasteiger charge is 2.75. The molecule has 3 N–H and O–H groups in total. The maximum atomic E-state index is 13.9. The number of Topliss-reactive ketones (excluding diaryl/α,β-unsaturated/α-hetero) is 9. The smallest absolute Gasteiger partial charge is 0.314 e. The molecule has 0 saturated carbocycles. The van der Waals surface area contributed by atoms with Crippen LogP contribution in [-0.4, -0.2) is 109 Å². The van der Waals surface area contributed by atoms with Gasteiger partial charge in [-0.2, -0.15) is 0 Å². The Hall–Kier alpha value is -4.15. The highest BCUT2D eigenvalue weighted by molar-refractivity contribution is 6.49. The number of ketones is 9. The third-order valence-corrected chi connectivity index (χ3v) is 5.43. The summed E-state index contributed by atoms with van der Waals surface area (Å²) in [5, 5.41) is 31.1. The second-order valence-electron chi connectivity index (χ2n) is 9.55. The van der Waals surface area contributed by atoms with E-state index < -0.39 is 126 Å². The molecule has 0 radical (unpaired) electrons. The van der Waals surface area contributed by atoms with E-state index in [2.05, 4.69) is 0 Å². The number of rotatable bonds is 20. The van der Waals surface area contributed by atoms with E-state index in [1.165, 1.54) is 0 Å². The normalized spacial score (nSPS) is 15.0. The van der Waals surface area contributed by atoms with Gasteiger partial charge < -0.3 is 24.8 Å². The van der Waals surface area contributed by atoms with Crippen molar-refractivity contribution in [1.29, 1.82) is 0 Å². The largest absolute Gasteiger partial charge is 0.442 e. The van der Waals surface area contributed by atoms with Gasteiger partial charge in [-0.1, -0.05) is 0 Å². The van der Waals surface area contributed by atoms with Crippen LogP contribution in [0.15, 0.2) is 0 Å². The molecule has 0 heterocycles. The fraction of sp³-hybridized carbons (Fsp3) is 0.577. The minimum Gasteiger partial charge on any atom is -0.442 e. The molecule has 0 aliphatic heterocycles. The van der Waals surface area contributed by atoms with Crippen molar-refractivity contribution in [3.8, 4) is 0 Å². The highest BCUT2D eigenvalue weighted by Crippen LogP contribution is 2.41. The lowest BCUT2D eigenvalue weighted by Gasteiger charge is -2.47. The van der Waals surface area contributed by atoms with E-state index in [4.69, 9.17) is 9.47 Å². The fourth-order valence-corrected chi connectivity index (χ4v) is 3.85. The molecule has 0 aromatic carbocycles. The van der Waals surface area contributed by atoms with Crippen LogP contribution in [0.25, 0.3) is 0 Å². The minimum absolute atomic E-state index is 0.752. The quantitative estimate of drug-likeness (QED) is 0.0736. The Bertz CT molecular complexity index is 1200. The summed E-state index contributed by atoms with van der Waals surface area (Å²) in [7, 11) is 0. The summed E-state index contributed by atoms with van der Waals surface area (Å²) < 4.78 is 9.99. The van der Waals surface area contributed by atoms with Gasteiger partial charge in [0.25, 0.3) is 17.0 Å². The molecule has 16 nitrogen and oxygen atoms in total. The van der Waals surface area contributed by atoms with Gasteiger partial charge in [0.1, 0.15) is 54.0 Å². The monoisotopic (exact) mass is 600 g/mol. The Morgan fingerprint density at radius 3 is 1.33 bits per heavy atom. The standard InChI is InChI=1S/C26H32O16/c1-12(28)6-17(33)23(39)25(19(35)7-13(2)29,41-21(37)9-15(4)31)26(20(36)8-14(3)30,24(40)18(34)11-27)42-22(38)10-16(5)32/h18,24,27,34,40H,6-11H2,1-5H3/t18-,24-,25+,26+/m1/s1. The number of ether oxygens (including phenoxy) is 2. The van der Waals surface area contributed by atoms with E-state index in [0.29, 0.717) is 0 Å². The van der Waals surface area contributed by atoms with E-state index in [1.54, 1.807) is 0 Å². The first-order valence-electron chi connectivity index (χ1n) is 12.2. The Labute approximate surface area is 238 Å². The molecule has 0 rings (SSSR count). The van der Waals surface area contributed by atoms with Gasteiger partial charge in [0.15, 0.2) is 11.6 Å². The van der Waals surface area contributed by atoms with E-state index in [-0.39, 0.29) is 0 Å². The molecular formula is C26H32O16. The molecule has 0 aliphatic rings. The van der Waals surface area contributed by atoms with Crippen LogP contribution in [0.1, 0.15) is 66.7 Å². The summed E-state index contributed by atoms with van der Waals surface area (Å²) in [6.45, 7) is 2.46. The lowest BCUT2D eigenvalue weighted by atomic mass is 9.66. The first-order chi connectivity index (χ1) is 19.2. The molecule has 42 heavy (non-hydrogen) atoms. The van der Waals surface area contributed by atoms with Gasteiger partial charge in [0.05, 0.1) is 25.9 Å². The lowest BCUT2D eigenvalue weighted by Crippen LogP contribution is -2.78. The van der Waals surface area contributed by atoms with Crippen molar-refractivity contribution in [2.45, 2.75) is 90.1 Å². The summed E-state index contributed by atoms with van der Waals surface area (Å²) >= 11 is 0. The number of hydrogen-bond donors (Lipinski definition) is 3. The van der Waals surface area contributed by atoms with Crippen LogP contribution in [0.5, 0.6) is 0 Å². The first kappa shape index (κ1) is 37.9. The van der Waals surface area contributed by atoms with E-state index >= 15 is 0 Å². The summed E-state index contributed by atoms with van der Waals surface area (Å²) in [6.07, 6.45) is -12.7. The average Bonchev–Trinajstić information content (AvgIpc) is 2.82. The lowest BCUT2D eigenvalue weighted by molar-refractivity contribution is -0.238. The van der Waals surface area contributed by atoms with E-state index in [0.717, 1.165) is 34.6 Å². The van der Waals surface area contributed by atoms with Crippen LogP contribution in [0.3, 0.4) is 0 Å². The molecule has 232 valence electrons. The second-order valence-corrected chi connectivity index (χ2v) is 9.55. The zero-order valence-corrected chi connectivity index (χ0v) is 23.5. The molecule has 0 unspecified atom stereocenters. The predicted molar refractivity (Wildman–Crippen MR) is 133 cm³/mol. The molecule has 0 fully saturated rings. The number of aliphatic hydroxyl groups excluding tert-OH is 3. The Kier molecular flexibility index (Phi) is 14.2. The summed E-state index contributed by atoms with van der Waals surface area (Å²) in [5.74, 6) is -17.1. The molecule has 0 aliphatic carbocycles. The zero-order valence-electron chi connectivity index (χ0n) is 23.5. The van der Waals surface area contributed by atoms with Gasteiger partial charge in [-0.15, -0.1) is 0 Å². The SMILES string of the molecule is CC(=O)CC(=O)O[C@@](C(=O)CC(C)=O)(C(=O)C(=O)CC(C)=O)[C@](OC(=O)CC(C)=O)(C(=O)CC(C)=O)[C@H](O)[C@H](O)CO. The molecule has 0 saturated heterocycles. The molecule has 0 bridgehead atoms. The van der Waals surface area contributed by atoms with Crippen molar-refractivity contribution in [3.63, 3.8) is 0 Å². The van der Waals surface area contributed by atoms with Crippen molar-refractivity contribution in [2.75, 3.05) is 6.61 Å². The van der Waals surface area contributed by atoms with Gasteiger partial charge in [0, 0.05) is 0 Å². The van der Waals surface area contributed by atoms with E-state index in [1.807, 2.05) is 0 Å². The Balaban J connectivity index is 8.50. The van der Waals surface area contributed by atoms with E-state index in [9.17, 15) is 68.1 Å². The van der Waals surface area contributed by atoms with Gasteiger partial charge in [-0.3, -0.25) is 52.7 Å². The van der Waals surface area contributed by atoms with Crippen LogP contribution in [0.2, 0.25) is 0 Å². The molecule has 0 amide bonds. The first-order valence-corrected chi connectivity index (χ1v) is 12.2. The van der Waals surface area contributed by atoms with Crippen LogP contribution in [0.4, 0.5) is 0 Å². The predicted octanol–water partition coefficient (Wildman–Crippen LogP) is -2.56. The van der Waals surface area contributed by atoms with Crippen molar-refractivity contribution >= 4 is 64.0 Å². The number of hydrogen-bond acceptors (Lipinski definition) is 16. The number of esters is 2. The van der Waals surface area contributed by atoms with Gasteiger partial charge in [-0.05, 0) is 34.6 Å². The van der Waals surface area contributed by atoms with Crippen LogP contribution >= 0.6 is 0 Å². The molecule has 16 heteroatoms. The summed E-state index contributed by atoms with van der Waals surface area (Å²) in [5.41, 5.74) is -8.41. The van der Waals surface area contributed by atoms with Crippen molar-refractivity contribution in [3.05, 3.63) is 0 Å². The fourth-order valence-electron chi connectivity index (χ4n) is 3.85. The van der Waals surface area contributed by atoms with Gasteiger partial charge in [0.2, 0.25) is 5.78 Å². The number of carbonyl (C=O) groups is 11. The molecular weight excluding hydrogens is 568 g/mol. The van der Waals surface area contributed by atoms with Gasteiger partial charge >= 0.3 is 11.9 Å². The Morgan fingerprint density at radius 1 is 0.571 bits per heavy atom. The molecule has 0 aromatic heterocycles. The highest BCUT2D eigenvalue weighted by atomic mass is 16.6. The third-order valence-electron chi connectivity index (χ3n) is 5.43. The number of aliphatic hydroxyl groups is 3. The minimum atomic E-state index is -4.27. The van der Waals surface area contributed by atoms with Crippen LogP contribution in [-0.2, 0) is 62.2 Å². The average molecular weight is 601 g/mol. The second kappa shape index (κ2) is 15.7. The molecule has 0 spiro atoms. The summed E-state index contributed by atoms with van der Waals surface area (Å²) in [6, 6.07) is 0. The summed E-state index contributed by atoms with van der Waals surface area (Å²) in [4.78, 5) is 139. The van der Waals surface area contributed by atoms with Gasteiger partial charge in [-0.25, -0.2) is 0 Å². The van der Waals surface area contributed by atoms with Crippen molar-refractivity contribution in [1.82, 2.24) is 0 Å². The maximum Gasteiger partial charge on any atom is 0.314 e. The van der Waals surface area contributed by atoms with Crippen molar-refractivity contribution < 1.29 is 77.5 Å². The van der Waals surface area contributed by atoms with Crippen molar-refractivity contribution in [2.24, 2.45) is 0 Å². The third kappa shape index (κ3) is 9.19. The molecule has 4 atom stereocenters. The maximum absolute atomic E-state index is 13.9. The topological polar surface area (TPSA) is 267 Å². The van der Waals surface area contributed by atoms with Crippen LogP contribution < -0.4 is 0 Å². The number of carbonyl (C=O) groups excluding carboxylic acids is 11. The van der Waals surface area contributed by atoms with Crippen LogP contribution in [0, 0.1) is 0 Å². The molecule has 0 aromatic rings. The Morgan fingerprint density at radius 2 is 0.952 bits per heavy atom. The zero-order chi connectivity index (χ0) is 33.2.